The molecule has 0 unspecified atom stereocenters. The fraction of sp³-hybridized carbons (Fsp3) is 0.263. The predicted octanol–water partition coefficient (Wildman–Crippen LogP) is 4.08. The summed E-state index contributed by atoms with van der Waals surface area (Å²) >= 11 is 6.05. The smallest absolute Gasteiger partial charge is 0.255 e. The Balaban J connectivity index is 2.10. The summed E-state index contributed by atoms with van der Waals surface area (Å²) in [6.07, 6.45) is 0. The van der Waals surface area contributed by atoms with Crippen LogP contribution in [0, 0.1) is 0 Å². The van der Waals surface area contributed by atoms with Crippen LogP contribution in [-0.4, -0.2) is 36.9 Å². The van der Waals surface area contributed by atoms with Crippen molar-refractivity contribution >= 4 is 29.1 Å². The number of benzene rings is 2. The number of carbonyl (C=O) groups is 2. The lowest BCUT2D eigenvalue weighted by Crippen LogP contribution is -2.30. The Bertz CT molecular complexity index is 756. The second-order valence-electron chi connectivity index (χ2n) is 5.36. The molecule has 2 aromatic rings. The van der Waals surface area contributed by atoms with Crippen LogP contribution in [0.4, 0.5) is 5.69 Å². The van der Waals surface area contributed by atoms with E-state index in [1.54, 1.807) is 47.4 Å². The molecule has 0 atom stereocenters. The molecular weight excluding hydrogens is 340 g/mol. The van der Waals surface area contributed by atoms with E-state index < -0.39 is 0 Å². The van der Waals surface area contributed by atoms with Gasteiger partial charge in [0.15, 0.2) is 0 Å². The molecule has 0 fully saturated rings. The van der Waals surface area contributed by atoms with E-state index in [0.29, 0.717) is 40.7 Å². The van der Waals surface area contributed by atoms with Crippen LogP contribution in [0.15, 0.2) is 42.5 Å². The molecule has 0 heterocycles. The van der Waals surface area contributed by atoms with Crippen LogP contribution in [0.1, 0.15) is 34.6 Å². The van der Waals surface area contributed by atoms with E-state index in [1.165, 1.54) is 7.11 Å². The molecule has 0 aliphatic heterocycles. The first-order valence-electron chi connectivity index (χ1n) is 8.04. The molecule has 0 saturated heterocycles. The lowest BCUT2D eigenvalue weighted by atomic mass is 10.1. The van der Waals surface area contributed by atoms with Gasteiger partial charge in [-0.3, -0.25) is 9.59 Å². The Morgan fingerprint density at radius 1 is 1.04 bits per heavy atom. The number of rotatable bonds is 6. The van der Waals surface area contributed by atoms with Gasteiger partial charge in [-0.05, 0) is 56.3 Å². The minimum Gasteiger partial charge on any atom is -0.495 e. The van der Waals surface area contributed by atoms with Gasteiger partial charge < -0.3 is 15.0 Å². The quantitative estimate of drug-likeness (QED) is 0.844. The van der Waals surface area contributed by atoms with Crippen molar-refractivity contribution in [3.8, 4) is 5.75 Å². The molecule has 2 aromatic carbocycles. The van der Waals surface area contributed by atoms with Crippen molar-refractivity contribution in [2.24, 2.45) is 0 Å². The minimum atomic E-state index is -0.275. The summed E-state index contributed by atoms with van der Waals surface area (Å²) in [7, 11) is 1.53. The van der Waals surface area contributed by atoms with E-state index in [9.17, 15) is 9.59 Å². The lowest BCUT2D eigenvalue weighted by Gasteiger charge is -2.18. The number of nitrogens with zero attached hydrogens (tertiary/aromatic N) is 1. The summed E-state index contributed by atoms with van der Waals surface area (Å²) in [5, 5.41) is 3.19. The molecule has 0 saturated carbocycles. The van der Waals surface area contributed by atoms with Crippen molar-refractivity contribution in [2.45, 2.75) is 13.8 Å². The maximum atomic E-state index is 12.3. The molecular formula is C19H21ClN2O3. The third-order valence-electron chi connectivity index (χ3n) is 3.85. The van der Waals surface area contributed by atoms with Crippen LogP contribution >= 0.6 is 11.6 Å². The van der Waals surface area contributed by atoms with Gasteiger partial charge >= 0.3 is 0 Å². The van der Waals surface area contributed by atoms with Gasteiger partial charge in [0, 0.05) is 29.9 Å². The lowest BCUT2D eigenvalue weighted by molar-refractivity contribution is 0.0772. The van der Waals surface area contributed by atoms with Crippen LogP contribution in [-0.2, 0) is 0 Å². The van der Waals surface area contributed by atoms with Gasteiger partial charge in [0.2, 0.25) is 0 Å². The normalized spacial score (nSPS) is 10.2. The van der Waals surface area contributed by atoms with E-state index in [2.05, 4.69) is 5.32 Å². The zero-order valence-corrected chi connectivity index (χ0v) is 15.3. The molecule has 1 N–H and O–H groups in total. The highest BCUT2D eigenvalue weighted by molar-refractivity contribution is 6.32. The molecule has 2 rings (SSSR count). The SMILES string of the molecule is CCN(CC)C(=O)c1ccc(C(=O)Nc2ccc(OC)c(Cl)c2)cc1. The van der Waals surface area contributed by atoms with Crippen molar-refractivity contribution in [1.82, 2.24) is 4.90 Å². The molecule has 25 heavy (non-hydrogen) atoms. The van der Waals surface area contributed by atoms with Gasteiger partial charge in [0.1, 0.15) is 5.75 Å². The van der Waals surface area contributed by atoms with E-state index >= 15 is 0 Å². The maximum Gasteiger partial charge on any atom is 0.255 e. The average molecular weight is 361 g/mol. The summed E-state index contributed by atoms with van der Waals surface area (Å²) in [5.74, 6) is 0.223. The second-order valence-corrected chi connectivity index (χ2v) is 5.77. The zero-order chi connectivity index (χ0) is 18.4. The van der Waals surface area contributed by atoms with Crippen molar-refractivity contribution in [1.29, 1.82) is 0 Å². The fourth-order valence-corrected chi connectivity index (χ4v) is 2.66. The van der Waals surface area contributed by atoms with E-state index in [0.717, 1.165) is 0 Å². The van der Waals surface area contributed by atoms with Gasteiger partial charge in [-0.2, -0.15) is 0 Å². The highest BCUT2D eigenvalue weighted by atomic mass is 35.5. The number of halogens is 1. The van der Waals surface area contributed by atoms with Crippen LogP contribution in [0.3, 0.4) is 0 Å². The highest BCUT2D eigenvalue weighted by Crippen LogP contribution is 2.27. The number of anilines is 1. The van der Waals surface area contributed by atoms with Gasteiger partial charge in [-0.25, -0.2) is 0 Å². The molecule has 6 heteroatoms. The monoisotopic (exact) mass is 360 g/mol. The molecule has 0 aromatic heterocycles. The molecule has 2 amide bonds. The average Bonchev–Trinajstić information content (AvgIpc) is 2.63. The number of nitrogens with one attached hydrogen (secondary N) is 1. The van der Waals surface area contributed by atoms with Gasteiger partial charge in [-0.1, -0.05) is 11.6 Å². The topological polar surface area (TPSA) is 58.6 Å². The summed E-state index contributed by atoms with van der Waals surface area (Å²) in [5.41, 5.74) is 1.59. The first-order valence-corrected chi connectivity index (χ1v) is 8.42. The summed E-state index contributed by atoms with van der Waals surface area (Å²) in [4.78, 5) is 26.3. The summed E-state index contributed by atoms with van der Waals surface area (Å²) in [6.45, 7) is 5.16. The van der Waals surface area contributed by atoms with Gasteiger partial charge in [-0.15, -0.1) is 0 Å². The number of amides is 2. The van der Waals surface area contributed by atoms with Crippen molar-refractivity contribution in [2.75, 3.05) is 25.5 Å². The van der Waals surface area contributed by atoms with Crippen LogP contribution in [0.25, 0.3) is 0 Å². The third kappa shape index (κ3) is 4.51. The summed E-state index contributed by atoms with van der Waals surface area (Å²) < 4.78 is 5.08. The molecule has 132 valence electrons. The van der Waals surface area contributed by atoms with E-state index in [4.69, 9.17) is 16.3 Å². The summed E-state index contributed by atoms with van der Waals surface area (Å²) in [6, 6.07) is 11.6. The van der Waals surface area contributed by atoms with Crippen molar-refractivity contribution < 1.29 is 14.3 Å². The molecule has 0 aliphatic carbocycles. The number of hydrogen-bond donors (Lipinski definition) is 1. The van der Waals surface area contributed by atoms with Crippen LogP contribution < -0.4 is 10.1 Å². The third-order valence-corrected chi connectivity index (χ3v) is 4.15. The molecule has 5 nitrogen and oxygen atoms in total. The maximum absolute atomic E-state index is 12.3. The van der Waals surface area contributed by atoms with Crippen molar-refractivity contribution in [3.63, 3.8) is 0 Å². The van der Waals surface area contributed by atoms with Gasteiger partial charge in [0.25, 0.3) is 11.8 Å². The first kappa shape index (κ1) is 18.8. The predicted molar refractivity (Wildman–Crippen MR) is 99.7 cm³/mol. The highest BCUT2D eigenvalue weighted by Gasteiger charge is 2.14. The van der Waals surface area contributed by atoms with E-state index in [-0.39, 0.29) is 11.8 Å². The molecule has 0 spiro atoms. The Morgan fingerprint density at radius 2 is 1.64 bits per heavy atom. The Kier molecular flexibility index (Phi) is 6.42. The number of methoxy groups -OCH3 is 1. The Morgan fingerprint density at radius 3 is 2.16 bits per heavy atom. The van der Waals surface area contributed by atoms with Crippen molar-refractivity contribution in [3.05, 3.63) is 58.6 Å². The second kappa shape index (κ2) is 8.53. The number of carbonyl (C=O) groups excluding carboxylic acids is 2. The van der Waals surface area contributed by atoms with Gasteiger partial charge in [0.05, 0.1) is 12.1 Å². The zero-order valence-electron chi connectivity index (χ0n) is 14.5. The van der Waals surface area contributed by atoms with E-state index in [1.807, 2.05) is 13.8 Å². The van der Waals surface area contributed by atoms with Crippen LogP contribution in [0.5, 0.6) is 5.75 Å². The Hall–Kier alpha value is -2.53. The largest absolute Gasteiger partial charge is 0.495 e. The fourth-order valence-electron chi connectivity index (χ4n) is 2.40. The molecule has 0 bridgehead atoms. The first-order chi connectivity index (χ1) is 12.0. The van der Waals surface area contributed by atoms with Crippen LogP contribution in [0.2, 0.25) is 5.02 Å². The number of ether oxygens (including phenoxy) is 1. The number of hydrogen-bond acceptors (Lipinski definition) is 3. The standard InChI is InChI=1S/C19H21ClN2O3/c1-4-22(5-2)19(24)14-8-6-13(7-9-14)18(23)21-15-10-11-17(25-3)16(20)12-15/h6-12H,4-5H2,1-3H3,(H,21,23). The molecule has 0 radical (unpaired) electrons. The minimum absolute atomic E-state index is 0.0427. The molecule has 0 aliphatic rings. The Labute approximate surface area is 152 Å².